The Morgan fingerprint density at radius 1 is 1.70 bits per heavy atom. The average molecular weight is 137 g/mol. The molecule has 0 bridgehead atoms. The highest BCUT2D eigenvalue weighted by Crippen LogP contribution is 2.07. The number of aromatic nitrogens is 1. The monoisotopic (exact) mass is 137 g/mol. The lowest BCUT2D eigenvalue weighted by Gasteiger charge is -1.95. The van der Waals surface area contributed by atoms with Crippen molar-refractivity contribution in [3.05, 3.63) is 36.4 Å². The lowest BCUT2D eigenvalue weighted by molar-refractivity contribution is 0.625. The summed E-state index contributed by atoms with van der Waals surface area (Å²) in [5, 5.41) is 0. The van der Waals surface area contributed by atoms with Crippen LogP contribution in [0.5, 0.6) is 0 Å². The van der Waals surface area contributed by atoms with Crippen LogP contribution in [0.4, 0.5) is 4.39 Å². The van der Waals surface area contributed by atoms with E-state index in [4.69, 9.17) is 0 Å². The fraction of sp³-hybridized carbons (Fsp3) is 0.125. The summed E-state index contributed by atoms with van der Waals surface area (Å²) in [6.45, 7) is 5.43. The van der Waals surface area contributed by atoms with Crippen LogP contribution in [0.3, 0.4) is 0 Å². The average Bonchev–Trinajstić information content (AvgIpc) is 1.88. The minimum Gasteiger partial charge on any atom is -0.256 e. The van der Waals surface area contributed by atoms with E-state index in [1.807, 2.05) is 0 Å². The summed E-state index contributed by atoms with van der Waals surface area (Å²) in [6.07, 6.45) is 1.43. The number of hydrogen-bond donors (Lipinski definition) is 0. The molecule has 0 aliphatic carbocycles. The molecule has 1 aromatic rings. The Morgan fingerprint density at radius 3 is 2.80 bits per heavy atom. The summed E-state index contributed by atoms with van der Waals surface area (Å²) in [5.74, 6) is -0.270. The molecule has 0 unspecified atom stereocenters. The molecule has 0 saturated carbocycles. The second-order valence-electron chi connectivity index (χ2n) is 2.14. The van der Waals surface area contributed by atoms with Crippen LogP contribution in [-0.2, 0) is 0 Å². The van der Waals surface area contributed by atoms with Crippen molar-refractivity contribution >= 4 is 5.57 Å². The highest BCUT2D eigenvalue weighted by Gasteiger charge is 1.94. The summed E-state index contributed by atoms with van der Waals surface area (Å²) in [6, 6.07) is 2.68. The van der Waals surface area contributed by atoms with Gasteiger partial charge in [0.25, 0.3) is 0 Å². The van der Waals surface area contributed by atoms with Gasteiger partial charge in [0.1, 0.15) is 5.82 Å². The van der Waals surface area contributed by atoms with E-state index >= 15 is 0 Å². The normalized spacial score (nSPS) is 9.40. The first-order valence-corrected chi connectivity index (χ1v) is 2.97. The maximum atomic E-state index is 12.4. The van der Waals surface area contributed by atoms with Gasteiger partial charge in [-0.2, -0.15) is 0 Å². The molecule has 0 spiro atoms. The van der Waals surface area contributed by atoms with Crippen molar-refractivity contribution in [3.8, 4) is 0 Å². The van der Waals surface area contributed by atoms with Crippen LogP contribution in [0.15, 0.2) is 24.9 Å². The molecule has 0 aliphatic rings. The summed E-state index contributed by atoms with van der Waals surface area (Å²) in [5.41, 5.74) is 1.39. The van der Waals surface area contributed by atoms with Gasteiger partial charge in [0.2, 0.25) is 0 Å². The molecule has 1 nitrogen and oxygen atoms in total. The van der Waals surface area contributed by atoms with Crippen LogP contribution in [0.2, 0.25) is 0 Å². The molecule has 0 fully saturated rings. The molecule has 0 amide bonds. The Balaban J connectivity index is 3.07. The first-order valence-electron chi connectivity index (χ1n) is 2.97. The van der Waals surface area contributed by atoms with Crippen LogP contribution in [0, 0.1) is 5.82 Å². The maximum Gasteiger partial charge on any atom is 0.126 e. The lowest BCUT2D eigenvalue weighted by atomic mass is 10.2. The summed E-state index contributed by atoms with van der Waals surface area (Å²) in [4.78, 5) is 3.90. The number of rotatable bonds is 1. The van der Waals surface area contributed by atoms with Crippen LogP contribution in [0.1, 0.15) is 12.6 Å². The molecule has 0 radical (unpaired) electrons. The van der Waals surface area contributed by atoms with Crippen molar-refractivity contribution in [2.75, 3.05) is 0 Å². The molecule has 0 atom stereocenters. The third-order valence-electron chi connectivity index (χ3n) is 1.16. The summed E-state index contributed by atoms with van der Waals surface area (Å²) < 4.78 is 12.4. The molecule has 1 heterocycles. The molecular weight excluding hydrogens is 129 g/mol. The zero-order chi connectivity index (χ0) is 7.56. The first kappa shape index (κ1) is 6.93. The summed E-state index contributed by atoms with van der Waals surface area (Å²) >= 11 is 0. The predicted octanol–water partition coefficient (Wildman–Crippen LogP) is 2.25. The topological polar surface area (TPSA) is 12.9 Å². The van der Waals surface area contributed by atoms with E-state index < -0.39 is 0 Å². The Morgan fingerprint density at radius 2 is 2.40 bits per heavy atom. The first-order chi connectivity index (χ1) is 4.70. The van der Waals surface area contributed by atoms with Crippen molar-refractivity contribution in [1.82, 2.24) is 4.98 Å². The minimum atomic E-state index is -0.270. The van der Waals surface area contributed by atoms with E-state index in [1.54, 1.807) is 6.92 Å². The van der Waals surface area contributed by atoms with Gasteiger partial charge in [-0.15, -0.1) is 0 Å². The van der Waals surface area contributed by atoms with E-state index in [-0.39, 0.29) is 5.82 Å². The van der Waals surface area contributed by atoms with Crippen LogP contribution in [-0.4, -0.2) is 4.98 Å². The van der Waals surface area contributed by atoms with E-state index in [9.17, 15) is 4.39 Å². The highest BCUT2D eigenvalue weighted by molar-refractivity contribution is 5.57. The van der Waals surface area contributed by atoms with Crippen molar-refractivity contribution in [2.24, 2.45) is 0 Å². The number of allylic oxidation sites excluding steroid dienone is 1. The summed E-state index contributed by atoms with van der Waals surface area (Å²) in [7, 11) is 0. The van der Waals surface area contributed by atoms with Crippen molar-refractivity contribution in [2.45, 2.75) is 6.92 Å². The Bertz CT molecular complexity index is 255. The number of nitrogens with zero attached hydrogens (tertiary/aromatic N) is 1. The van der Waals surface area contributed by atoms with Gasteiger partial charge in [-0.3, -0.25) is 4.98 Å². The lowest BCUT2D eigenvalue weighted by Crippen LogP contribution is -1.84. The smallest absolute Gasteiger partial charge is 0.126 e. The number of pyridine rings is 1. The second kappa shape index (κ2) is 2.60. The molecule has 0 aliphatic heterocycles. The van der Waals surface area contributed by atoms with E-state index in [1.165, 1.54) is 18.3 Å². The van der Waals surface area contributed by atoms with Crippen LogP contribution in [0.25, 0.3) is 5.57 Å². The standard InChI is InChI=1S/C8H8FN/c1-6(2)8-5-7(9)3-4-10-8/h3-5H,1H2,2H3. The van der Waals surface area contributed by atoms with Crippen molar-refractivity contribution in [3.63, 3.8) is 0 Å². The van der Waals surface area contributed by atoms with E-state index in [0.717, 1.165) is 5.57 Å². The molecule has 52 valence electrons. The SMILES string of the molecule is C=C(C)c1cc(F)ccn1. The Labute approximate surface area is 59.2 Å². The fourth-order valence-corrected chi connectivity index (χ4v) is 0.638. The third-order valence-corrected chi connectivity index (χ3v) is 1.16. The molecule has 10 heavy (non-hydrogen) atoms. The van der Waals surface area contributed by atoms with Crippen molar-refractivity contribution in [1.29, 1.82) is 0 Å². The molecule has 1 aromatic heterocycles. The molecule has 0 N–H and O–H groups in total. The zero-order valence-corrected chi connectivity index (χ0v) is 5.76. The maximum absolute atomic E-state index is 12.4. The van der Waals surface area contributed by atoms with Gasteiger partial charge in [0.15, 0.2) is 0 Å². The van der Waals surface area contributed by atoms with E-state index in [2.05, 4.69) is 11.6 Å². The third kappa shape index (κ3) is 1.41. The van der Waals surface area contributed by atoms with Gasteiger partial charge in [-0.05, 0) is 24.6 Å². The van der Waals surface area contributed by atoms with Crippen molar-refractivity contribution < 1.29 is 4.39 Å². The largest absolute Gasteiger partial charge is 0.256 e. The van der Waals surface area contributed by atoms with E-state index in [0.29, 0.717) is 5.69 Å². The molecule has 0 aromatic carbocycles. The van der Waals surface area contributed by atoms with Gasteiger partial charge >= 0.3 is 0 Å². The Hall–Kier alpha value is -1.18. The predicted molar refractivity (Wildman–Crippen MR) is 38.9 cm³/mol. The molecule has 1 rings (SSSR count). The van der Waals surface area contributed by atoms with Gasteiger partial charge in [0.05, 0.1) is 5.69 Å². The second-order valence-corrected chi connectivity index (χ2v) is 2.14. The number of halogens is 1. The zero-order valence-electron chi connectivity index (χ0n) is 5.76. The molecule has 2 heteroatoms. The van der Waals surface area contributed by atoms with Gasteiger partial charge in [-0.1, -0.05) is 6.58 Å². The molecule has 0 saturated heterocycles. The Kier molecular flexibility index (Phi) is 1.81. The van der Waals surface area contributed by atoms with Gasteiger partial charge in [0, 0.05) is 6.20 Å². The van der Waals surface area contributed by atoms with Crippen LogP contribution < -0.4 is 0 Å². The number of hydrogen-bond acceptors (Lipinski definition) is 1. The molecular formula is C8H8FN. The van der Waals surface area contributed by atoms with Crippen LogP contribution >= 0.6 is 0 Å². The van der Waals surface area contributed by atoms with Gasteiger partial charge in [-0.25, -0.2) is 4.39 Å². The van der Waals surface area contributed by atoms with Gasteiger partial charge < -0.3 is 0 Å². The quantitative estimate of drug-likeness (QED) is 0.578. The fourth-order valence-electron chi connectivity index (χ4n) is 0.638. The highest BCUT2D eigenvalue weighted by atomic mass is 19.1. The minimum absolute atomic E-state index is 0.270.